The van der Waals surface area contributed by atoms with E-state index in [-0.39, 0.29) is 0 Å². The first-order chi connectivity index (χ1) is 35.6. The van der Waals surface area contributed by atoms with Gasteiger partial charge in [-0.1, -0.05) is 158 Å². The van der Waals surface area contributed by atoms with Gasteiger partial charge in [0, 0.05) is 49.5 Å². The standard InChI is InChI=1S/C66H40N6/c1-68-52-23-13-21-47(36-52)49-30-33-65-58(39-49)55-26-9-11-28-62(55)72(65)63-34-31-51(60-41-59(44-16-4-2-5-17-44)69-66(70-60)45-18-6-3-7-19-45)40-56(63)50-22-14-24-53(37-50)71-61-27-10-8-25-54(61)57-38-48(29-32-64(57)71)46-20-12-15-43(35-46)42-67/h2-41H. The molecule has 0 radical (unpaired) electrons. The molecule has 0 fully saturated rings. The molecule has 0 unspecified atom stereocenters. The Balaban J connectivity index is 1.04. The van der Waals surface area contributed by atoms with E-state index >= 15 is 0 Å². The Morgan fingerprint density at radius 3 is 1.60 bits per heavy atom. The minimum absolute atomic E-state index is 0.616. The van der Waals surface area contributed by atoms with Crippen molar-refractivity contribution in [1.82, 2.24) is 19.1 Å². The van der Waals surface area contributed by atoms with Crippen LogP contribution in [-0.2, 0) is 0 Å². The first-order valence-electron chi connectivity index (χ1n) is 23.9. The SMILES string of the molecule is [C-]#[N+]c1cccc(-c2ccc3c(c2)c2ccccc2n3-c2ccc(-c3cc(-c4ccccc4)nc(-c4ccccc4)n3)cc2-c2cccc(-n3c4ccccc4c4cc(-c5cccc(C#N)c5)ccc43)c2)c1. The normalized spacial score (nSPS) is 11.3. The minimum Gasteiger partial charge on any atom is -0.309 e. The molecule has 0 saturated carbocycles. The number of hydrogen-bond acceptors (Lipinski definition) is 3. The molecule has 6 heteroatoms. The highest BCUT2D eigenvalue weighted by atomic mass is 15.0. The average molecular weight is 917 g/mol. The van der Waals surface area contributed by atoms with E-state index in [2.05, 4.69) is 190 Å². The van der Waals surface area contributed by atoms with Crippen molar-refractivity contribution in [3.63, 3.8) is 0 Å². The number of aromatic nitrogens is 4. The summed E-state index contributed by atoms with van der Waals surface area (Å²) in [5.41, 5.74) is 18.5. The van der Waals surface area contributed by atoms with E-state index in [4.69, 9.17) is 16.5 Å². The van der Waals surface area contributed by atoms with Crippen molar-refractivity contribution in [2.24, 2.45) is 0 Å². The zero-order valence-corrected chi connectivity index (χ0v) is 38.8. The zero-order chi connectivity index (χ0) is 48.1. The molecule has 0 aliphatic carbocycles. The second kappa shape index (κ2) is 17.4. The van der Waals surface area contributed by atoms with Crippen molar-refractivity contribution in [2.45, 2.75) is 0 Å². The molecule has 0 spiro atoms. The summed E-state index contributed by atoms with van der Waals surface area (Å²) in [5.74, 6) is 0.659. The largest absolute Gasteiger partial charge is 0.309 e. The minimum atomic E-state index is 0.616. The Kier molecular flexibility index (Phi) is 10.2. The van der Waals surface area contributed by atoms with Gasteiger partial charge in [0.15, 0.2) is 11.5 Å². The molecule has 72 heavy (non-hydrogen) atoms. The van der Waals surface area contributed by atoms with Gasteiger partial charge in [0.1, 0.15) is 0 Å². The number of nitrogens with zero attached hydrogens (tertiary/aromatic N) is 6. The highest BCUT2D eigenvalue weighted by molar-refractivity contribution is 6.12. The van der Waals surface area contributed by atoms with E-state index in [1.807, 2.05) is 72.8 Å². The Labute approximate surface area is 416 Å². The third kappa shape index (κ3) is 7.27. The first-order valence-corrected chi connectivity index (χ1v) is 23.9. The molecular weight excluding hydrogens is 877 g/mol. The predicted octanol–water partition coefficient (Wildman–Crippen LogP) is 17.1. The second-order valence-electron chi connectivity index (χ2n) is 18.0. The molecule has 0 atom stereocenters. The second-order valence-corrected chi connectivity index (χ2v) is 18.0. The van der Waals surface area contributed by atoms with Gasteiger partial charge in [0.2, 0.25) is 0 Å². The highest BCUT2D eigenvalue weighted by Crippen LogP contribution is 2.42. The summed E-state index contributed by atoms with van der Waals surface area (Å²) in [6.45, 7) is 7.68. The zero-order valence-electron chi connectivity index (χ0n) is 38.8. The Morgan fingerprint density at radius 2 is 0.903 bits per heavy atom. The van der Waals surface area contributed by atoms with Crippen LogP contribution in [0.1, 0.15) is 5.56 Å². The molecule has 0 bridgehead atoms. The third-order valence-electron chi connectivity index (χ3n) is 13.8. The van der Waals surface area contributed by atoms with E-state index in [1.54, 1.807) is 0 Å². The number of para-hydroxylation sites is 2. The van der Waals surface area contributed by atoms with Crippen LogP contribution in [0.15, 0.2) is 243 Å². The predicted molar refractivity (Wildman–Crippen MR) is 294 cm³/mol. The van der Waals surface area contributed by atoms with Gasteiger partial charge in [-0.25, -0.2) is 14.8 Å². The molecule has 334 valence electrons. The van der Waals surface area contributed by atoms with Gasteiger partial charge in [-0.2, -0.15) is 5.26 Å². The van der Waals surface area contributed by atoms with Gasteiger partial charge >= 0.3 is 0 Å². The van der Waals surface area contributed by atoms with Gasteiger partial charge in [-0.15, -0.1) is 0 Å². The Hall–Kier alpha value is -10.1. The summed E-state index contributed by atoms with van der Waals surface area (Å²) in [5, 5.41) is 14.2. The maximum Gasteiger partial charge on any atom is 0.187 e. The van der Waals surface area contributed by atoms with Crippen molar-refractivity contribution in [3.05, 3.63) is 260 Å². The average Bonchev–Trinajstić information content (AvgIpc) is 3.97. The van der Waals surface area contributed by atoms with E-state index < -0.39 is 0 Å². The summed E-state index contributed by atoms with van der Waals surface area (Å²) < 4.78 is 4.75. The van der Waals surface area contributed by atoms with Crippen LogP contribution in [0.5, 0.6) is 0 Å². The smallest absolute Gasteiger partial charge is 0.187 e. The van der Waals surface area contributed by atoms with Crippen LogP contribution in [0.3, 0.4) is 0 Å². The molecule has 0 saturated heterocycles. The van der Waals surface area contributed by atoms with Crippen LogP contribution < -0.4 is 0 Å². The monoisotopic (exact) mass is 916 g/mol. The molecule has 0 aliphatic rings. The van der Waals surface area contributed by atoms with Gasteiger partial charge in [0.25, 0.3) is 0 Å². The van der Waals surface area contributed by atoms with E-state index in [0.717, 1.165) is 116 Å². The van der Waals surface area contributed by atoms with Crippen LogP contribution in [0.2, 0.25) is 0 Å². The maximum absolute atomic E-state index is 9.70. The summed E-state index contributed by atoms with van der Waals surface area (Å²) in [4.78, 5) is 14.1. The Morgan fingerprint density at radius 1 is 0.375 bits per heavy atom. The van der Waals surface area contributed by atoms with E-state index in [1.165, 1.54) is 0 Å². The van der Waals surface area contributed by atoms with Crippen molar-refractivity contribution >= 4 is 49.3 Å². The van der Waals surface area contributed by atoms with E-state index in [0.29, 0.717) is 17.1 Å². The molecule has 0 amide bonds. The molecule has 0 aliphatic heterocycles. The van der Waals surface area contributed by atoms with Crippen LogP contribution in [0.4, 0.5) is 5.69 Å². The summed E-state index contributed by atoms with van der Waals surface area (Å²) >= 11 is 0. The van der Waals surface area contributed by atoms with Crippen molar-refractivity contribution in [2.75, 3.05) is 0 Å². The molecule has 10 aromatic carbocycles. The number of benzene rings is 10. The fraction of sp³-hybridized carbons (Fsp3) is 0. The van der Waals surface area contributed by atoms with Crippen molar-refractivity contribution < 1.29 is 0 Å². The van der Waals surface area contributed by atoms with E-state index in [9.17, 15) is 5.26 Å². The van der Waals surface area contributed by atoms with Gasteiger partial charge in [0.05, 0.1) is 57.3 Å². The topological polar surface area (TPSA) is 63.8 Å². The van der Waals surface area contributed by atoms with Crippen molar-refractivity contribution in [1.29, 1.82) is 5.26 Å². The first kappa shape index (κ1) is 42.0. The molecule has 3 aromatic heterocycles. The van der Waals surface area contributed by atoms with Crippen molar-refractivity contribution in [3.8, 4) is 84.7 Å². The number of nitriles is 1. The van der Waals surface area contributed by atoms with Crippen LogP contribution >= 0.6 is 0 Å². The fourth-order valence-electron chi connectivity index (χ4n) is 10.4. The number of rotatable bonds is 8. The lowest BCUT2D eigenvalue weighted by Crippen LogP contribution is -2.00. The Bertz CT molecular complexity index is 4300. The highest BCUT2D eigenvalue weighted by Gasteiger charge is 2.21. The molecule has 3 heterocycles. The lowest BCUT2D eigenvalue weighted by atomic mass is 9.97. The fourth-order valence-corrected chi connectivity index (χ4v) is 10.4. The number of fused-ring (bicyclic) bond motifs is 6. The lowest BCUT2D eigenvalue weighted by molar-refractivity contribution is 1.16. The van der Waals surface area contributed by atoms with Crippen LogP contribution in [-0.4, -0.2) is 19.1 Å². The summed E-state index contributed by atoms with van der Waals surface area (Å²) in [6, 6.07) is 86.6. The third-order valence-corrected chi connectivity index (χ3v) is 13.8. The van der Waals surface area contributed by atoms with Gasteiger partial charge in [-0.3, -0.25) is 0 Å². The lowest BCUT2D eigenvalue weighted by Gasteiger charge is -2.18. The number of hydrogen-bond donors (Lipinski definition) is 0. The molecule has 6 nitrogen and oxygen atoms in total. The van der Waals surface area contributed by atoms with Gasteiger partial charge in [-0.05, 0) is 113 Å². The molecule has 13 rings (SSSR count). The summed E-state index contributed by atoms with van der Waals surface area (Å²) in [6.07, 6.45) is 0. The molecular formula is C66H40N6. The van der Waals surface area contributed by atoms with Crippen LogP contribution in [0, 0.1) is 17.9 Å². The molecule has 0 N–H and O–H groups in total. The summed E-state index contributed by atoms with van der Waals surface area (Å²) in [7, 11) is 0. The van der Waals surface area contributed by atoms with Crippen LogP contribution in [0.25, 0.3) is 127 Å². The van der Waals surface area contributed by atoms with Gasteiger partial charge < -0.3 is 9.13 Å². The molecule has 13 aromatic rings. The quantitative estimate of drug-likeness (QED) is 0.143. The maximum atomic E-state index is 9.70.